The molecule has 172 valence electrons. The molecule has 0 heterocycles. The van der Waals surface area contributed by atoms with Gasteiger partial charge in [0.05, 0.1) is 7.11 Å². The van der Waals surface area contributed by atoms with E-state index in [0.29, 0.717) is 0 Å². The van der Waals surface area contributed by atoms with E-state index in [1.807, 2.05) is 72.8 Å². The van der Waals surface area contributed by atoms with Gasteiger partial charge in [0.15, 0.2) is 0 Å². The molecule has 3 heteroatoms. The summed E-state index contributed by atoms with van der Waals surface area (Å²) in [5.74, 6) is 0.947. The van der Waals surface area contributed by atoms with Crippen molar-refractivity contribution in [3.05, 3.63) is 90.5 Å². The van der Waals surface area contributed by atoms with Crippen LogP contribution in [-0.4, -0.2) is 20.2 Å². The molecule has 32 heavy (non-hydrogen) atoms. The van der Waals surface area contributed by atoms with E-state index in [4.69, 9.17) is 4.74 Å². The summed E-state index contributed by atoms with van der Waals surface area (Å²) in [6.45, 7) is 8.62. The van der Waals surface area contributed by atoms with Crippen LogP contribution in [-0.2, 0) is 6.42 Å². The molecule has 0 spiro atoms. The highest BCUT2D eigenvalue weighted by atomic mass is 28.4. The molecule has 2 nitrogen and oxygen atoms in total. The van der Waals surface area contributed by atoms with Gasteiger partial charge in [-0.2, -0.15) is 0 Å². The van der Waals surface area contributed by atoms with E-state index in [2.05, 4.69) is 39.8 Å². The van der Waals surface area contributed by atoms with E-state index in [-0.39, 0.29) is 5.04 Å². The average molecular weight is 449 g/mol. The molecule has 0 aromatic heterocycles. The second kappa shape index (κ2) is 12.6. The van der Waals surface area contributed by atoms with E-state index < -0.39 is 8.32 Å². The molecule has 0 aliphatic rings. The molecule has 0 aliphatic carbocycles. The maximum atomic E-state index is 11.4. The molecule has 0 unspecified atom stereocenters. The highest BCUT2D eigenvalue weighted by Crippen LogP contribution is 2.33. The fraction of sp³-hybridized carbons (Fsp3) is 0.379. The van der Waals surface area contributed by atoms with Crippen LogP contribution in [0.1, 0.15) is 58.9 Å². The van der Waals surface area contributed by atoms with E-state index in [1.165, 1.54) is 37.7 Å². The van der Waals surface area contributed by atoms with Gasteiger partial charge in [0, 0.05) is 0 Å². The summed E-state index contributed by atoms with van der Waals surface area (Å²) >= 11 is 0. The Kier molecular flexibility index (Phi) is 10.2. The summed E-state index contributed by atoms with van der Waals surface area (Å²) in [5.41, 5.74) is 1.42. The zero-order chi connectivity index (χ0) is 23.5. The summed E-state index contributed by atoms with van der Waals surface area (Å²) < 4.78 is 5.11. The first-order valence-corrected chi connectivity index (χ1v) is 13.7. The number of methoxy groups -OCH3 is 1. The maximum absolute atomic E-state index is 11.4. The first-order chi connectivity index (χ1) is 15.3. The van der Waals surface area contributed by atoms with Gasteiger partial charge in [-0.25, -0.2) is 0 Å². The minimum absolute atomic E-state index is 0.143. The van der Waals surface area contributed by atoms with Gasteiger partial charge < -0.3 is 9.53 Å². The van der Waals surface area contributed by atoms with Crippen molar-refractivity contribution in [1.29, 1.82) is 0 Å². The van der Waals surface area contributed by atoms with Crippen molar-refractivity contribution >= 4 is 18.7 Å². The molecule has 0 saturated heterocycles. The summed E-state index contributed by atoms with van der Waals surface area (Å²) in [4.78, 5) is 11.4. The summed E-state index contributed by atoms with van der Waals surface area (Å²) in [5, 5.41) is 2.00. The lowest BCUT2D eigenvalue weighted by Crippen LogP contribution is -2.64. The Bertz CT molecular complexity index is 844. The smallest absolute Gasteiger partial charge is 0.258 e. The molecule has 0 fully saturated rings. The minimum atomic E-state index is -2.70. The summed E-state index contributed by atoms with van der Waals surface area (Å²) in [7, 11) is -0.999. The highest BCUT2D eigenvalue weighted by molar-refractivity contribution is 6.98. The third kappa shape index (κ3) is 7.08. The van der Waals surface area contributed by atoms with Gasteiger partial charge in [-0.1, -0.05) is 120 Å². The second-order valence-electron chi connectivity index (χ2n) is 9.35. The lowest BCUT2D eigenvalue weighted by Gasteiger charge is -2.38. The minimum Gasteiger partial charge on any atom is -0.497 e. The molecule has 3 aromatic rings. The molecule has 0 atom stereocenters. The predicted octanol–water partition coefficient (Wildman–Crippen LogP) is 6.36. The fourth-order valence-corrected chi connectivity index (χ4v) is 7.35. The molecule has 0 aliphatic heterocycles. The second-order valence-corrected chi connectivity index (χ2v) is 13.4. The van der Waals surface area contributed by atoms with Gasteiger partial charge in [0.1, 0.15) is 5.75 Å². The Morgan fingerprint density at radius 3 is 1.62 bits per heavy atom. The van der Waals surface area contributed by atoms with E-state index in [9.17, 15) is 4.80 Å². The van der Waals surface area contributed by atoms with Gasteiger partial charge in [0.2, 0.25) is 0 Å². The summed E-state index contributed by atoms with van der Waals surface area (Å²) in [6, 6.07) is 28.6. The largest absolute Gasteiger partial charge is 0.497 e. The Morgan fingerprint density at radius 2 is 1.22 bits per heavy atom. The van der Waals surface area contributed by atoms with Gasteiger partial charge in [-0.15, -0.1) is 0 Å². The maximum Gasteiger partial charge on any atom is 0.258 e. The van der Waals surface area contributed by atoms with Crippen LogP contribution in [0.5, 0.6) is 5.75 Å². The Morgan fingerprint density at radius 1 is 0.719 bits per heavy atom. The highest BCUT2D eigenvalue weighted by Gasteiger charge is 2.46. The zero-order valence-corrected chi connectivity index (χ0v) is 21.5. The Balaban J connectivity index is 0.000000235. The van der Waals surface area contributed by atoms with Crippen LogP contribution in [0, 0.1) is 0 Å². The lowest BCUT2D eigenvalue weighted by molar-refractivity contribution is 0.414. The number of benzene rings is 3. The number of hydrogen-bond donors (Lipinski definition) is 1. The predicted molar refractivity (Wildman–Crippen MR) is 141 cm³/mol. The van der Waals surface area contributed by atoms with E-state index >= 15 is 0 Å². The first kappa shape index (κ1) is 25.9. The molecule has 3 aromatic carbocycles. The number of aryl methyl sites for hydroxylation is 1. The zero-order valence-electron chi connectivity index (χ0n) is 20.5. The van der Waals surface area contributed by atoms with Crippen LogP contribution in [0.4, 0.5) is 0 Å². The van der Waals surface area contributed by atoms with Crippen LogP contribution >= 0.6 is 0 Å². The molecule has 0 radical (unpaired) electrons. The van der Waals surface area contributed by atoms with E-state index in [0.717, 1.165) is 16.1 Å². The monoisotopic (exact) mass is 448 g/mol. The molecular formula is C29H40O2Si. The molecule has 0 amide bonds. The molecule has 0 bridgehead atoms. The quantitative estimate of drug-likeness (QED) is 0.321. The van der Waals surface area contributed by atoms with Crippen LogP contribution < -0.4 is 15.1 Å². The van der Waals surface area contributed by atoms with Gasteiger partial charge >= 0.3 is 0 Å². The van der Waals surface area contributed by atoms with Crippen LogP contribution in [0.2, 0.25) is 5.04 Å². The van der Waals surface area contributed by atoms with Crippen molar-refractivity contribution in [3.63, 3.8) is 0 Å². The first-order valence-electron chi connectivity index (χ1n) is 11.8. The summed E-state index contributed by atoms with van der Waals surface area (Å²) in [6.07, 6.45) is 6.52. The van der Waals surface area contributed by atoms with Crippen molar-refractivity contribution in [2.24, 2.45) is 0 Å². The van der Waals surface area contributed by atoms with Crippen LogP contribution in [0.15, 0.2) is 84.9 Å². The van der Waals surface area contributed by atoms with Gasteiger partial charge in [0.25, 0.3) is 8.32 Å². The van der Waals surface area contributed by atoms with E-state index in [1.54, 1.807) is 7.11 Å². The molecular weight excluding hydrogens is 408 g/mol. The number of rotatable bonds is 8. The standard InChI is InChI=1S/C16H20OSi.C13H20O/c1-16(2,3)18(17,14-10-6-4-7-11-14)15-12-8-5-9-13-15;1-3-4-5-6-7-12-8-10-13(14-2)11-9-12/h4-13,17H,1-3H3;8-11H,3-7H2,1-2H3. The van der Waals surface area contributed by atoms with Crippen LogP contribution in [0.3, 0.4) is 0 Å². The van der Waals surface area contributed by atoms with Crippen molar-refractivity contribution in [2.45, 2.75) is 64.8 Å². The SMILES string of the molecule is CC(C)(C)[Si](O)(c1ccccc1)c1ccccc1.CCCCCCc1ccc(OC)cc1. The number of hydrogen-bond acceptors (Lipinski definition) is 2. The fourth-order valence-electron chi connectivity index (χ4n) is 3.94. The van der Waals surface area contributed by atoms with Crippen molar-refractivity contribution in [2.75, 3.05) is 7.11 Å². The van der Waals surface area contributed by atoms with Gasteiger partial charge in [-0.05, 0) is 45.9 Å². The normalized spacial score (nSPS) is 11.4. The lowest BCUT2D eigenvalue weighted by atomic mass is 10.1. The number of unbranched alkanes of at least 4 members (excludes halogenated alkanes) is 3. The third-order valence-corrected chi connectivity index (χ3v) is 10.5. The Labute approximate surface area is 196 Å². The van der Waals surface area contributed by atoms with Crippen LogP contribution in [0.25, 0.3) is 0 Å². The average Bonchev–Trinajstić information content (AvgIpc) is 2.82. The molecule has 3 rings (SSSR count). The Hall–Kier alpha value is -2.36. The number of ether oxygens (including phenoxy) is 1. The van der Waals surface area contributed by atoms with Crippen molar-refractivity contribution in [3.8, 4) is 5.75 Å². The molecule has 0 saturated carbocycles. The van der Waals surface area contributed by atoms with Crippen molar-refractivity contribution in [1.82, 2.24) is 0 Å². The van der Waals surface area contributed by atoms with Gasteiger partial charge in [-0.3, -0.25) is 0 Å². The third-order valence-electron chi connectivity index (χ3n) is 5.95. The van der Waals surface area contributed by atoms with Crippen molar-refractivity contribution < 1.29 is 9.53 Å². The molecule has 1 N–H and O–H groups in total. The topological polar surface area (TPSA) is 29.5 Å².